The third-order valence-electron chi connectivity index (χ3n) is 15.4. The molecule has 13 nitrogen and oxygen atoms in total. The second-order valence-electron chi connectivity index (χ2n) is 26.1. The Morgan fingerprint density at radius 1 is 0.566 bits per heavy atom. The van der Waals surface area contributed by atoms with Crippen LogP contribution in [0.3, 0.4) is 0 Å². The number of carbonyl (C=O) groups is 4. The minimum atomic E-state index is -3.28. The molecule has 113 heavy (non-hydrogen) atoms. The van der Waals surface area contributed by atoms with E-state index in [-0.39, 0.29) is 117 Å². The Morgan fingerprint density at radius 2 is 0.920 bits per heavy atom. The summed E-state index contributed by atoms with van der Waals surface area (Å²) in [7, 11) is -6.48. The number of aliphatic hydroxyl groups excluding tert-OH is 1. The van der Waals surface area contributed by atoms with Gasteiger partial charge in [0.1, 0.15) is 23.5 Å². The molecule has 6 aromatic carbocycles. The molecule has 32 heteroatoms. The van der Waals surface area contributed by atoms with Gasteiger partial charge in [0.15, 0.2) is 22.9 Å². The van der Waals surface area contributed by atoms with E-state index < -0.39 is 52.4 Å². The van der Waals surface area contributed by atoms with Crippen molar-refractivity contribution in [2.45, 2.75) is 191 Å². The quantitative estimate of drug-likeness (QED) is 0.00542. The summed E-state index contributed by atoms with van der Waals surface area (Å²) < 4.78 is 59.1. The minimum Gasteiger partial charge on any atom is -0.343 e. The van der Waals surface area contributed by atoms with E-state index in [2.05, 4.69) is 178 Å². The van der Waals surface area contributed by atoms with Gasteiger partial charge in [-0.25, -0.2) is 4.79 Å². The molecule has 0 aliphatic heterocycles. The average molecular weight is 2180 g/mol. The molecule has 0 fully saturated rings. The zero-order chi connectivity index (χ0) is 84.7. The molecular formula is C81H118AlBBr5Cl6ILi2O13PSi2. The van der Waals surface area contributed by atoms with Crippen molar-refractivity contribution in [3.8, 4) is 0 Å². The molecule has 0 aliphatic rings. The van der Waals surface area contributed by atoms with Gasteiger partial charge in [-0.05, 0) is 235 Å². The van der Waals surface area contributed by atoms with Crippen molar-refractivity contribution in [2.24, 2.45) is 0 Å². The molecule has 0 atom stereocenters. The molecule has 0 heterocycles. The van der Waals surface area contributed by atoms with E-state index in [0.29, 0.717) is 46.7 Å². The second kappa shape index (κ2) is 72.7. The molecule has 0 bridgehead atoms. The number of aliphatic hydroxyl groups is 1. The van der Waals surface area contributed by atoms with Crippen LogP contribution in [0, 0.1) is 13.0 Å². The first-order valence-corrected chi connectivity index (χ1v) is 50.5. The van der Waals surface area contributed by atoms with Gasteiger partial charge in [0.25, 0.3) is 0 Å². The summed E-state index contributed by atoms with van der Waals surface area (Å²) in [5.41, 5.74) is 10.7. The van der Waals surface area contributed by atoms with Crippen LogP contribution in [0.2, 0.25) is 66.4 Å². The van der Waals surface area contributed by atoms with E-state index >= 15 is 0 Å². The first kappa shape index (κ1) is 124. The maximum atomic E-state index is 11.8. The predicted molar refractivity (Wildman–Crippen MR) is 511 cm³/mol. The van der Waals surface area contributed by atoms with Crippen LogP contribution >= 0.6 is 179 Å². The van der Waals surface area contributed by atoms with Gasteiger partial charge in [0.05, 0.1) is 33.0 Å². The van der Waals surface area contributed by atoms with Crippen LogP contribution < -0.4 is 37.7 Å². The number of aryl methyl sites for hydroxylation is 4. The summed E-state index contributed by atoms with van der Waals surface area (Å²) in [5.74, 6) is -1.09. The van der Waals surface area contributed by atoms with Gasteiger partial charge >= 0.3 is 91.7 Å². The predicted octanol–water partition coefficient (Wildman–Crippen LogP) is 21.5. The fourth-order valence-corrected chi connectivity index (χ4v) is 14.5. The largest absolute Gasteiger partial charge is 1.00 e. The third-order valence-corrected chi connectivity index (χ3v) is 31.6. The molecule has 6 rings (SSSR count). The standard InChI is InChI=1S/C15H24BrClOSi.C15H24ClOSi.C11H12BrClO2.C11H10BrClO2.C9H10BrClO.C8H17O5P.C7H4BrClO.C4H9.CH4.Al.BH2I.2Li.2H/c1-15(2,3)19(4,5)18-10-6-7-12-11-13(17)8-9-14(12)16;1-15(2,3)18(4,5)17-11-7-9-13-8-6-10-14(16)12-13;2*1-2-15-11(14)6-3-8-7-9(13)4-5-10(8)12;10-9-4-3-8(11)6-7(9)2-1-5-12;1-4-11-8(9)7-14(10,12-5-2)13-6-3;8-7-2-1-6(9)3-5(7)4-10;1-3-4-2;;;1-2;;;;/h8-9,11H,6-7,10H2,1-5H3;6,10,12H,7,9,11H2,1-5H3;4-5,7H,2-3,6H2,1H3;3-7H,2H2,1H3;3-4,6,12H,1-2,5H2;4-7H2,1-3H3;1-4H;1,3-4H2,2H3;1H4;;2H2;;;;/q;-1;;;;;;-1;;;;2*+1;;/i;;;;;;;;;;2D;;;;. The van der Waals surface area contributed by atoms with E-state index in [9.17, 15) is 23.7 Å². The molecule has 0 unspecified atom stereocenters. The van der Waals surface area contributed by atoms with E-state index in [4.69, 9.17) is 103 Å². The van der Waals surface area contributed by atoms with Crippen LogP contribution in [0.5, 0.6) is 0 Å². The van der Waals surface area contributed by atoms with E-state index in [1.54, 1.807) is 77.1 Å². The van der Waals surface area contributed by atoms with Crippen LogP contribution in [0.25, 0.3) is 6.08 Å². The Balaban J connectivity index is -0.000000231. The molecule has 1 N–H and O–H groups in total. The molecule has 0 amide bonds. The molecule has 625 valence electrons. The summed E-state index contributed by atoms with van der Waals surface area (Å²) >= 11 is 51.2. The smallest absolute Gasteiger partial charge is 0.343 e. The summed E-state index contributed by atoms with van der Waals surface area (Å²) in [5, 5.41) is 13.4. The monoisotopic (exact) mass is 2170 g/mol. The second-order valence-corrected chi connectivity index (χ2v) is 44.7. The zero-order valence-corrected chi connectivity index (χ0v) is 88.4. The zero-order valence-electron chi connectivity index (χ0n) is 69.7. The van der Waals surface area contributed by atoms with Gasteiger partial charge in [-0.1, -0.05) is 205 Å². The molecule has 0 aromatic heterocycles. The molecular weight excluding hydrogens is 2060 g/mol. The number of carbonyl (C=O) groups excluding carboxylic acids is 4. The van der Waals surface area contributed by atoms with Crippen molar-refractivity contribution >= 4 is 249 Å². The van der Waals surface area contributed by atoms with Crippen LogP contribution in [-0.2, 0) is 76.7 Å². The van der Waals surface area contributed by atoms with E-state index in [0.717, 1.165) is 119 Å². The maximum absolute atomic E-state index is 11.8. The van der Waals surface area contributed by atoms with Crippen molar-refractivity contribution in [3.05, 3.63) is 214 Å². The summed E-state index contributed by atoms with van der Waals surface area (Å²) in [6.07, 6.45) is 12.5. The summed E-state index contributed by atoms with van der Waals surface area (Å²) in [4.78, 5) is 43.5. The van der Waals surface area contributed by atoms with Crippen molar-refractivity contribution < 1.29 is 98.7 Å². The Bertz CT molecular complexity index is 3670. The van der Waals surface area contributed by atoms with Gasteiger partial charge in [0, 0.05) is 85.4 Å². The Morgan fingerprint density at radius 3 is 1.28 bits per heavy atom. The fourth-order valence-electron chi connectivity index (χ4n) is 7.67. The van der Waals surface area contributed by atoms with Gasteiger partial charge in [0.2, 0.25) is 0 Å². The van der Waals surface area contributed by atoms with Gasteiger partial charge in [-0.2, -0.15) is 30.2 Å². The van der Waals surface area contributed by atoms with Crippen LogP contribution in [0.15, 0.2) is 138 Å². The van der Waals surface area contributed by atoms with E-state index in [1.165, 1.54) is 23.6 Å². The van der Waals surface area contributed by atoms with Crippen molar-refractivity contribution in [1.82, 2.24) is 0 Å². The van der Waals surface area contributed by atoms with Crippen molar-refractivity contribution in [1.29, 1.82) is 0.594 Å². The van der Waals surface area contributed by atoms with Gasteiger partial charge in [-0.3, -0.25) is 18.9 Å². The average Bonchev–Trinajstić information content (AvgIpc) is 0.851. The molecule has 3 radical (unpaired) electrons. The number of halogens is 12. The normalized spacial score (nSPS) is 10.7. The summed E-state index contributed by atoms with van der Waals surface area (Å²) in [6, 6.07) is 36.5. The number of aldehydes is 1. The van der Waals surface area contributed by atoms with Crippen molar-refractivity contribution in [3.63, 3.8) is 0 Å². The van der Waals surface area contributed by atoms with E-state index in [1.807, 2.05) is 72.8 Å². The molecule has 0 saturated carbocycles. The Hall–Kier alpha value is 0.266. The number of benzene rings is 6. The summed E-state index contributed by atoms with van der Waals surface area (Å²) in [6.45, 7) is 40.6. The Kier molecular flexibility index (Phi) is 79.8. The first-order chi connectivity index (χ1) is 51.5. The number of rotatable bonds is 29. The molecule has 0 aliphatic carbocycles. The van der Waals surface area contributed by atoms with Crippen LogP contribution in [-0.4, -0.2) is 129 Å². The number of unbranched alkanes of at least 4 members (excludes halogenated alkanes) is 1. The number of esters is 3. The van der Waals surface area contributed by atoms with Crippen LogP contribution in [0.4, 0.5) is 0 Å². The van der Waals surface area contributed by atoms with Crippen molar-refractivity contribution in [2.75, 3.05) is 59.0 Å². The topological polar surface area (TPSA) is 170 Å². The third kappa shape index (κ3) is 62.1. The Labute approximate surface area is 802 Å². The van der Waals surface area contributed by atoms with Gasteiger partial charge in [-0.15, -0.1) is 17.7 Å². The minimum absolute atomic E-state index is 0. The molecule has 0 spiro atoms. The number of ether oxygens (including phenoxy) is 3. The molecule has 0 saturated heterocycles. The van der Waals surface area contributed by atoms with Crippen LogP contribution in [0.1, 0.15) is 167 Å². The SMILES string of the molecule is C.CC(C)(C)[Si](C)(C)OCCCc1[c-]ccc(Cl)c1.CC(C)(C)[Si](C)(C)OCCCc1cc(Cl)ccc1Br.CCOC(=O)C=Cc1cc(Cl)ccc1Br.CCOC(=O)CCc1cc(Cl)ccc1Br.CCOC(=O)CP(=O)(OCC)OCC.O=Cc1cc(Cl)ccc1Br.OCCCc1cc(Cl)ccc1Br.[2H][IH][B].[AlH2].[CH2-]CCC.[Li+].[Li+]. The number of hydrogen-bond donors (Lipinski definition) is 1. The fraction of sp³-hybridized carbons (Fsp3) is 0.469. The maximum Gasteiger partial charge on any atom is 1.00 e. The van der Waals surface area contributed by atoms with Gasteiger partial charge < -0.3 is 44.1 Å². The molecule has 6 aromatic rings. The number of hydrogen-bond acceptors (Lipinski definition) is 13. The first-order valence-electron chi connectivity index (χ1n) is 35.8.